The molecule has 1 atom stereocenters. The van der Waals surface area contributed by atoms with Crippen molar-refractivity contribution in [2.24, 2.45) is 5.92 Å². The Bertz CT molecular complexity index is 614. The first-order valence-corrected chi connectivity index (χ1v) is 7.56. The Morgan fingerprint density at radius 2 is 2.14 bits per heavy atom. The molecule has 4 nitrogen and oxygen atoms in total. The summed E-state index contributed by atoms with van der Waals surface area (Å²) in [6.45, 7) is 4.71. The van der Waals surface area contributed by atoms with Crippen LogP contribution in [-0.4, -0.2) is 4.92 Å². The lowest BCUT2D eigenvalue weighted by atomic mass is 10.0. The van der Waals surface area contributed by atoms with Gasteiger partial charge in [-0.2, -0.15) is 4.39 Å². The fraction of sp³-hybridized carbons (Fsp3) is 0.333. The van der Waals surface area contributed by atoms with Crippen LogP contribution >= 0.6 is 11.3 Å². The van der Waals surface area contributed by atoms with Crippen molar-refractivity contribution in [1.82, 2.24) is 5.32 Å². The van der Waals surface area contributed by atoms with Crippen LogP contribution in [0, 0.1) is 21.8 Å². The molecule has 21 heavy (non-hydrogen) atoms. The van der Waals surface area contributed by atoms with Crippen molar-refractivity contribution in [3.8, 4) is 0 Å². The summed E-state index contributed by atoms with van der Waals surface area (Å²) < 4.78 is 13.6. The van der Waals surface area contributed by atoms with Gasteiger partial charge in [0.15, 0.2) is 0 Å². The maximum absolute atomic E-state index is 13.6. The molecule has 0 amide bonds. The average molecular weight is 308 g/mol. The summed E-state index contributed by atoms with van der Waals surface area (Å²) in [7, 11) is 0. The minimum atomic E-state index is -0.795. The first-order valence-electron chi connectivity index (χ1n) is 6.68. The van der Waals surface area contributed by atoms with Gasteiger partial charge in [0, 0.05) is 23.5 Å². The molecule has 1 heterocycles. The summed E-state index contributed by atoms with van der Waals surface area (Å²) >= 11 is 1.68. The lowest BCUT2D eigenvalue weighted by Gasteiger charge is -2.21. The topological polar surface area (TPSA) is 55.2 Å². The van der Waals surface area contributed by atoms with Gasteiger partial charge in [-0.25, -0.2) is 0 Å². The van der Waals surface area contributed by atoms with E-state index < -0.39 is 16.4 Å². The van der Waals surface area contributed by atoms with E-state index in [0.717, 1.165) is 0 Å². The molecule has 0 radical (unpaired) electrons. The molecule has 1 aromatic carbocycles. The van der Waals surface area contributed by atoms with Crippen LogP contribution in [0.15, 0.2) is 35.7 Å². The van der Waals surface area contributed by atoms with E-state index in [0.29, 0.717) is 18.0 Å². The maximum atomic E-state index is 13.6. The van der Waals surface area contributed by atoms with E-state index in [1.807, 2.05) is 11.4 Å². The molecule has 0 aliphatic rings. The van der Waals surface area contributed by atoms with E-state index in [9.17, 15) is 14.5 Å². The molecule has 0 bridgehead atoms. The van der Waals surface area contributed by atoms with E-state index >= 15 is 0 Å². The third-order valence-corrected chi connectivity index (χ3v) is 4.21. The van der Waals surface area contributed by atoms with Gasteiger partial charge >= 0.3 is 5.69 Å². The smallest absolute Gasteiger partial charge is 0.304 e. The van der Waals surface area contributed by atoms with Crippen LogP contribution in [0.5, 0.6) is 0 Å². The van der Waals surface area contributed by atoms with Crippen molar-refractivity contribution in [2.75, 3.05) is 0 Å². The summed E-state index contributed by atoms with van der Waals surface area (Å²) in [5.41, 5.74) is 0.206. The molecule has 0 aliphatic heterocycles. The number of rotatable bonds is 6. The van der Waals surface area contributed by atoms with Crippen LogP contribution in [0.2, 0.25) is 0 Å². The van der Waals surface area contributed by atoms with E-state index in [2.05, 4.69) is 25.2 Å². The Balaban J connectivity index is 2.08. The van der Waals surface area contributed by atoms with Gasteiger partial charge in [-0.1, -0.05) is 26.0 Å². The molecule has 6 heteroatoms. The van der Waals surface area contributed by atoms with Crippen molar-refractivity contribution >= 4 is 17.0 Å². The quantitative estimate of drug-likeness (QED) is 0.640. The van der Waals surface area contributed by atoms with Gasteiger partial charge in [0.05, 0.1) is 4.92 Å². The SMILES string of the molecule is CC(C)C(NCc1ccc([N+](=O)[O-])c(F)c1)c1cccs1. The van der Waals surface area contributed by atoms with Crippen LogP contribution in [-0.2, 0) is 6.54 Å². The number of nitro groups is 1. The van der Waals surface area contributed by atoms with Crippen molar-refractivity contribution in [2.45, 2.75) is 26.4 Å². The number of thiophene rings is 1. The van der Waals surface area contributed by atoms with Gasteiger partial charge < -0.3 is 5.32 Å². The van der Waals surface area contributed by atoms with Crippen molar-refractivity contribution < 1.29 is 9.31 Å². The van der Waals surface area contributed by atoms with Gasteiger partial charge in [-0.05, 0) is 29.0 Å². The van der Waals surface area contributed by atoms with Crippen molar-refractivity contribution in [3.63, 3.8) is 0 Å². The summed E-state index contributed by atoms with van der Waals surface area (Å²) in [5.74, 6) is -0.400. The van der Waals surface area contributed by atoms with E-state index in [-0.39, 0.29) is 6.04 Å². The van der Waals surface area contributed by atoms with Gasteiger partial charge in [0.1, 0.15) is 0 Å². The maximum Gasteiger partial charge on any atom is 0.304 e. The minimum absolute atomic E-state index is 0.184. The number of hydrogen-bond donors (Lipinski definition) is 1. The number of halogens is 1. The third kappa shape index (κ3) is 3.86. The molecule has 0 aliphatic carbocycles. The molecule has 1 aromatic heterocycles. The summed E-state index contributed by atoms with van der Waals surface area (Å²) in [5, 5.41) is 16.0. The molecular weight excluding hydrogens is 291 g/mol. The molecule has 1 unspecified atom stereocenters. The van der Waals surface area contributed by atoms with Crippen molar-refractivity contribution in [3.05, 3.63) is 62.1 Å². The molecule has 0 saturated carbocycles. The molecule has 0 fully saturated rings. The second-order valence-corrected chi connectivity index (χ2v) is 6.14. The van der Waals surface area contributed by atoms with Crippen LogP contribution in [0.1, 0.15) is 30.3 Å². The first kappa shape index (κ1) is 15.6. The molecule has 1 N–H and O–H groups in total. The zero-order valence-electron chi connectivity index (χ0n) is 11.9. The molecule has 0 saturated heterocycles. The summed E-state index contributed by atoms with van der Waals surface area (Å²) in [6, 6.07) is 8.27. The van der Waals surface area contributed by atoms with E-state index in [4.69, 9.17) is 0 Å². The molecule has 112 valence electrons. The normalized spacial score (nSPS) is 12.6. The minimum Gasteiger partial charge on any atom is -0.305 e. The third-order valence-electron chi connectivity index (χ3n) is 3.25. The lowest BCUT2D eigenvalue weighted by molar-refractivity contribution is -0.387. The number of nitro benzene ring substituents is 1. The van der Waals surface area contributed by atoms with Crippen LogP contribution in [0.4, 0.5) is 10.1 Å². The number of benzene rings is 1. The zero-order chi connectivity index (χ0) is 15.4. The van der Waals surface area contributed by atoms with Gasteiger partial charge in [0.25, 0.3) is 0 Å². The Morgan fingerprint density at radius 3 is 2.67 bits per heavy atom. The molecular formula is C15H17FN2O2S. The van der Waals surface area contributed by atoms with Crippen LogP contribution in [0.3, 0.4) is 0 Å². The highest BCUT2D eigenvalue weighted by Gasteiger charge is 2.17. The standard InChI is InChI=1S/C15H17FN2O2S/c1-10(2)15(14-4-3-7-21-14)17-9-11-5-6-13(18(19)20)12(16)8-11/h3-8,10,15,17H,9H2,1-2H3. The van der Waals surface area contributed by atoms with Gasteiger partial charge in [0.2, 0.25) is 5.82 Å². The predicted octanol–water partition coefficient (Wildman–Crippen LogP) is 4.28. The van der Waals surface area contributed by atoms with Crippen molar-refractivity contribution in [1.29, 1.82) is 0 Å². The molecule has 2 aromatic rings. The highest BCUT2D eigenvalue weighted by atomic mass is 32.1. The number of nitrogens with zero attached hydrogens (tertiary/aromatic N) is 1. The van der Waals surface area contributed by atoms with E-state index in [1.54, 1.807) is 17.4 Å². The number of hydrogen-bond acceptors (Lipinski definition) is 4. The highest BCUT2D eigenvalue weighted by Crippen LogP contribution is 2.26. The van der Waals surface area contributed by atoms with Crippen LogP contribution in [0.25, 0.3) is 0 Å². The fourth-order valence-electron chi connectivity index (χ4n) is 2.17. The fourth-order valence-corrected chi connectivity index (χ4v) is 3.14. The zero-order valence-corrected chi connectivity index (χ0v) is 12.7. The summed E-state index contributed by atoms with van der Waals surface area (Å²) in [6.07, 6.45) is 0. The summed E-state index contributed by atoms with van der Waals surface area (Å²) in [4.78, 5) is 11.1. The predicted molar refractivity (Wildman–Crippen MR) is 81.8 cm³/mol. The molecule has 0 spiro atoms. The monoisotopic (exact) mass is 308 g/mol. The van der Waals surface area contributed by atoms with Gasteiger partial charge in [-0.15, -0.1) is 11.3 Å². The Kier molecular flexibility index (Phi) is 5.03. The van der Waals surface area contributed by atoms with Crippen LogP contribution < -0.4 is 5.32 Å². The Labute approximate surface area is 126 Å². The largest absolute Gasteiger partial charge is 0.305 e. The number of nitrogens with one attached hydrogen (secondary N) is 1. The molecule has 2 rings (SSSR count). The van der Waals surface area contributed by atoms with E-state index in [1.165, 1.54) is 17.0 Å². The second-order valence-electron chi connectivity index (χ2n) is 5.16. The highest BCUT2D eigenvalue weighted by molar-refractivity contribution is 7.10. The first-order chi connectivity index (χ1) is 9.99. The Morgan fingerprint density at radius 1 is 1.38 bits per heavy atom. The average Bonchev–Trinajstić information content (AvgIpc) is 2.92. The second kappa shape index (κ2) is 6.78. The lowest BCUT2D eigenvalue weighted by Crippen LogP contribution is -2.24. The Hall–Kier alpha value is -1.79. The van der Waals surface area contributed by atoms with Gasteiger partial charge in [-0.3, -0.25) is 10.1 Å².